The minimum absolute atomic E-state index is 0.149. The molecule has 1 rings (SSSR count). The first-order valence-corrected chi connectivity index (χ1v) is 7.77. The van der Waals surface area contributed by atoms with Crippen LogP contribution in [0.3, 0.4) is 0 Å². The van der Waals surface area contributed by atoms with Crippen LogP contribution in [0.2, 0.25) is 0 Å². The van der Waals surface area contributed by atoms with Gasteiger partial charge in [-0.2, -0.15) is 8.42 Å². The van der Waals surface area contributed by atoms with Crippen LogP contribution in [0.1, 0.15) is 39.2 Å². The van der Waals surface area contributed by atoms with E-state index in [9.17, 15) is 13.2 Å². The smallest absolute Gasteiger partial charge is 0.269 e. The van der Waals surface area contributed by atoms with Crippen LogP contribution < -0.4 is 5.32 Å². The molecule has 0 saturated heterocycles. The molecule has 108 valence electrons. The van der Waals surface area contributed by atoms with Crippen molar-refractivity contribution in [2.75, 3.05) is 5.32 Å². The molecular formula is C13H21NO4S. The lowest BCUT2D eigenvalue weighted by atomic mass is 10.2. The van der Waals surface area contributed by atoms with E-state index < -0.39 is 15.9 Å². The van der Waals surface area contributed by atoms with E-state index in [2.05, 4.69) is 19.2 Å². The van der Waals surface area contributed by atoms with Crippen LogP contribution in [-0.2, 0) is 20.7 Å². The van der Waals surface area contributed by atoms with Gasteiger partial charge in [0.2, 0.25) is 5.91 Å². The van der Waals surface area contributed by atoms with Crippen molar-refractivity contribution in [2.24, 2.45) is 0 Å². The van der Waals surface area contributed by atoms with Crippen molar-refractivity contribution in [3.63, 3.8) is 0 Å². The summed E-state index contributed by atoms with van der Waals surface area (Å²) >= 11 is 0. The molecule has 0 aliphatic carbocycles. The number of hydrogen-bond acceptors (Lipinski definition) is 3. The van der Waals surface area contributed by atoms with Crippen LogP contribution >= 0.6 is 0 Å². The molecule has 19 heavy (non-hydrogen) atoms. The second kappa shape index (κ2) is 8.66. The summed E-state index contributed by atoms with van der Waals surface area (Å²) in [6, 6.07) is 6.35. The zero-order valence-corrected chi connectivity index (χ0v) is 12.3. The van der Waals surface area contributed by atoms with Gasteiger partial charge in [0.05, 0.1) is 0 Å². The molecule has 6 heteroatoms. The van der Waals surface area contributed by atoms with Crippen LogP contribution in [0.15, 0.2) is 24.3 Å². The summed E-state index contributed by atoms with van der Waals surface area (Å²) in [6.07, 6.45) is 1.60. The molecule has 1 aromatic carbocycles. The maximum atomic E-state index is 11.1. The van der Waals surface area contributed by atoms with Crippen LogP contribution in [0.25, 0.3) is 0 Å². The highest BCUT2D eigenvalue weighted by molar-refractivity contribution is 7.85. The molecule has 1 amide bonds. The zero-order valence-electron chi connectivity index (χ0n) is 11.5. The predicted molar refractivity (Wildman–Crippen MR) is 76.6 cm³/mol. The lowest BCUT2D eigenvalue weighted by Gasteiger charge is -2.05. The predicted octanol–water partition coefficient (Wildman–Crippen LogP) is 2.84. The van der Waals surface area contributed by atoms with Crippen molar-refractivity contribution in [2.45, 2.75) is 39.4 Å². The second-order valence-electron chi connectivity index (χ2n) is 4.04. The van der Waals surface area contributed by atoms with Crippen molar-refractivity contribution in [3.05, 3.63) is 29.8 Å². The van der Waals surface area contributed by atoms with E-state index in [0.717, 1.165) is 0 Å². The Kier molecular flexibility index (Phi) is 8.02. The lowest BCUT2D eigenvalue weighted by molar-refractivity contribution is -0.115. The quantitative estimate of drug-likeness (QED) is 0.834. The molecule has 0 saturated carbocycles. The zero-order chi connectivity index (χ0) is 14.9. The van der Waals surface area contributed by atoms with Gasteiger partial charge in [0.25, 0.3) is 10.1 Å². The first-order chi connectivity index (χ1) is 8.82. The molecule has 0 fully saturated rings. The van der Waals surface area contributed by atoms with Crippen molar-refractivity contribution in [3.8, 4) is 0 Å². The summed E-state index contributed by atoms with van der Waals surface area (Å²) < 4.78 is 30.0. The Hall–Kier alpha value is -1.40. The summed E-state index contributed by atoms with van der Waals surface area (Å²) in [4.78, 5) is 11.1. The topological polar surface area (TPSA) is 83.5 Å². The highest BCUT2D eigenvalue weighted by Gasteiger charge is 2.07. The molecule has 0 bridgehead atoms. The summed E-state index contributed by atoms with van der Waals surface area (Å²) in [5.41, 5.74) is 0.949. The molecule has 5 nitrogen and oxygen atoms in total. The Bertz CT molecular complexity index is 497. The number of nitrogens with one attached hydrogen (secondary N) is 1. The Morgan fingerprint density at radius 3 is 2.32 bits per heavy atom. The summed E-state index contributed by atoms with van der Waals surface area (Å²) in [5, 5.41) is 2.60. The molecule has 0 spiro atoms. The average molecular weight is 287 g/mol. The van der Waals surface area contributed by atoms with Crippen molar-refractivity contribution < 1.29 is 17.8 Å². The Labute approximate surface area is 114 Å². The molecule has 0 heterocycles. The number of rotatable bonds is 4. The van der Waals surface area contributed by atoms with E-state index in [1.807, 2.05) is 0 Å². The van der Waals surface area contributed by atoms with Crippen LogP contribution in [0.5, 0.6) is 0 Å². The van der Waals surface area contributed by atoms with E-state index in [0.29, 0.717) is 17.7 Å². The van der Waals surface area contributed by atoms with Gasteiger partial charge in [-0.15, -0.1) is 0 Å². The molecule has 0 radical (unpaired) electrons. The first-order valence-electron chi connectivity index (χ1n) is 6.16. The maximum Gasteiger partial charge on any atom is 0.269 e. The molecule has 2 N–H and O–H groups in total. The molecule has 0 unspecified atom stereocenters. The van der Waals surface area contributed by atoms with Gasteiger partial charge >= 0.3 is 0 Å². The monoisotopic (exact) mass is 287 g/mol. The van der Waals surface area contributed by atoms with Gasteiger partial charge in [-0.1, -0.05) is 39.3 Å². The van der Waals surface area contributed by atoms with Crippen molar-refractivity contribution in [1.82, 2.24) is 0 Å². The first kappa shape index (κ1) is 17.6. The summed E-state index contributed by atoms with van der Waals surface area (Å²) in [6.45, 7) is 5.97. The number of amides is 1. The fraction of sp³-hybridized carbons (Fsp3) is 0.462. The van der Waals surface area contributed by atoms with Gasteiger partial charge in [0, 0.05) is 12.1 Å². The van der Waals surface area contributed by atoms with Gasteiger partial charge in [-0.3, -0.25) is 9.35 Å². The highest BCUT2D eigenvalue weighted by atomic mass is 32.2. The molecule has 0 aromatic heterocycles. The van der Waals surface area contributed by atoms with Crippen LogP contribution in [0, 0.1) is 0 Å². The second-order valence-corrected chi connectivity index (χ2v) is 5.49. The van der Waals surface area contributed by atoms with E-state index in [4.69, 9.17) is 4.55 Å². The fourth-order valence-corrected chi connectivity index (χ4v) is 1.80. The fourth-order valence-electron chi connectivity index (χ4n) is 1.20. The van der Waals surface area contributed by atoms with E-state index in [1.165, 1.54) is 12.5 Å². The van der Waals surface area contributed by atoms with Gasteiger partial charge in [0.1, 0.15) is 5.75 Å². The molecular weight excluding hydrogens is 266 g/mol. The van der Waals surface area contributed by atoms with Gasteiger partial charge in [-0.05, 0) is 17.7 Å². The van der Waals surface area contributed by atoms with Gasteiger partial charge in [-0.25, -0.2) is 0 Å². The third kappa shape index (κ3) is 9.21. The maximum absolute atomic E-state index is 11.1. The lowest BCUT2D eigenvalue weighted by Crippen LogP contribution is -2.10. The Morgan fingerprint density at radius 2 is 1.84 bits per heavy atom. The SMILES string of the molecule is CCC.CCC(=O)Nc1cccc(CS(=O)(=O)O)c1. The normalized spacial score (nSPS) is 10.3. The number of carbonyl (C=O) groups excluding carboxylic acids is 1. The average Bonchev–Trinajstić information content (AvgIpc) is 2.28. The number of carbonyl (C=O) groups is 1. The van der Waals surface area contributed by atoms with E-state index in [1.54, 1.807) is 25.1 Å². The molecule has 0 aliphatic rings. The summed E-state index contributed by atoms with van der Waals surface area (Å²) in [5.74, 6) is -0.605. The van der Waals surface area contributed by atoms with Crippen molar-refractivity contribution in [1.29, 1.82) is 0 Å². The van der Waals surface area contributed by atoms with Crippen molar-refractivity contribution >= 4 is 21.7 Å². The third-order valence-corrected chi connectivity index (χ3v) is 2.58. The Balaban J connectivity index is 0.000000982. The van der Waals surface area contributed by atoms with Crippen LogP contribution in [0.4, 0.5) is 5.69 Å². The minimum Gasteiger partial charge on any atom is -0.326 e. The minimum atomic E-state index is -4.04. The molecule has 0 aliphatic heterocycles. The number of hydrogen-bond donors (Lipinski definition) is 2. The molecule has 1 aromatic rings. The standard InChI is InChI=1S/C10H13NO4S.C3H8/c1-2-10(12)11-9-5-3-4-8(6-9)7-16(13,14)15;1-3-2/h3-6H,2,7H2,1H3,(H,11,12)(H,13,14,15);3H2,1-2H3. The largest absolute Gasteiger partial charge is 0.326 e. The van der Waals surface area contributed by atoms with E-state index >= 15 is 0 Å². The van der Waals surface area contributed by atoms with E-state index in [-0.39, 0.29) is 5.91 Å². The van der Waals surface area contributed by atoms with Gasteiger partial charge in [0.15, 0.2) is 0 Å². The van der Waals surface area contributed by atoms with Crippen LogP contribution in [-0.4, -0.2) is 18.9 Å². The molecule has 0 atom stereocenters. The Morgan fingerprint density at radius 1 is 1.26 bits per heavy atom. The number of anilines is 1. The highest BCUT2D eigenvalue weighted by Crippen LogP contribution is 2.13. The third-order valence-electron chi connectivity index (χ3n) is 1.88. The van der Waals surface area contributed by atoms with Gasteiger partial charge < -0.3 is 5.32 Å². The number of benzene rings is 1. The summed E-state index contributed by atoms with van der Waals surface area (Å²) in [7, 11) is -4.04.